The maximum absolute atomic E-state index is 11.5. The van der Waals surface area contributed by atoms with Crippen LogP contribution in [0.1, 0.15) is 27.7 Å². The predicted octanol–water partition coefficient (Wildman–Crippen LogP) is 0.0576. The molecule has 0 fully saturated rings. The first-order chi connectivity index (χ1) is 7.43. The first-order valence-electron chi connectivity index (χ1n) is 5.30. The van der Waals surface area contributed by atoms with Crippen LogP contribution in [-0.2, 0) is 14.3 Å². The SMILES string of the molecule is CCOC(=O)[C@@H](NC(=O)C(C)NO)C(C)C. The van der Waals surface area contributed by atoms with E-state index in [-0.39, 0.29) is 12.5 Å². The number of carbonyl (C=O) groups is 2. The summed E-state index contributed by atoms with van der Waals surface area (Å²) in [7, 11) is 0. The normalized spacial score (nSPS) is 14.4. The molecule has 6 heteroatoms. The fourth-order valence-corrected chi connectivity index (χ4v) is 1.07. The minimum absolute atomic E-state index is 0.0751. The van der Waals surface area contributed by atoms with Crippen LogP contribution in [0.4, 0.5) is 0 Å². The van der Waals surface area contributed by atoms with Crippen molar-refractivity contribution in [1.29, 1.82) is 0 Å². The highest BCUT2D eigenvalue weighted by molar-refractivity contribution is 5.87. The van der Waals surface area contributed by atoms with Crippen LogP contribution in [0.3, 0.4) is 0 Å². The smallest absolute Gasteiger partial charge is 0.328 e. The lowest BCUT2D eigenvalue weighted by Crippen LogP contribution is -2.51. The van der Waals surface area contributed by atoms with E-state index in [0.29, 0.717) is 0 Å². The molecule has 94 valence electrons. The van der Waals surface area contributed by atoms with Crippen molar-refractivity contribution in [2.24, 2.45) is 5.92 Å². The van der Waals surface area contributed by atoms with Crippen LogP contribution in [-0.4, -0.2) is 35.8 Å². The first-order valence-corrected chi connectivity index (χ1v) is 5.30. The fraction of sp³-hybridized carbons (Fsp3) is 0.800. The van der Waals surface area contributed by atoms with Crippen molar-refractivity contribution in [3.8, 4) is 0 Å². The van der Waals surface area contributed by atoms with Crippen molar-refractivity contribution < 1.29 is 19.5 Å². The highest BCUT2D eigenvalue weighted by atomic mass is 16.5. The van der Waals surface area contributed by atoms with Crippen molar-refractivity contribution in [1.82, 2.24) is 10.8 Å². The highest BCUT2D eigenvalue weighted by Gasteiger charge is 2.26. The van der Waals surface area contributed by atoms with E-state index in [1.165, 1.54) is 6.92 Å². The third-order valence-corrected chi connectivity index (χ3v) is 2.09. The van der Waals surface area contributed by atoms with Gasteiger partial charge in [0.1, 0.15) is 12.1 Å². The van der Waals surface area contributed by atoms with Crippen molar-refractivity contribution in [3.05, 3.63) is 0 Å². The Kier molecular flexibility index (Phi) is 6.67. The fourth-order valence-electron chi connectivity index (χ4n) is 1.07. The lowest BCUT2D eigenvalue weighted by Gasteiger charge is -2.21. The van der Waals surface area contributed by atoms with E-state index in [1.54, 1.807) is 20.8 Å². The molecule has 0 aromatic carbocycles. The van der Waals surface area contributed by atoms with Crippen molar-refractivity contribution in [2.45, 2.75) is 39.8 Å². The Hall–Kier alpha value is -1.14. The van der Waals surface area contributed by atoms with Gasteiger partial charge in [0, 0.05) is 0 Å². The maximum atomic E-state index is 11.5. The lowest BCUT2D eigenvalue weighted by molar-refractivity contribution is -0.149. The lowest BCUT2D eigenvalue weighted by atomic mass is 10.0. The van der Waals surface area contributed by atoms with Crippen LogP contribution in [0.25, 0.3) is 0 Å². The van der Waals surface area contributed by atoms with Crippen LogP contribution in [0.5, 0.6) is 0 Å². The minimum atomic E-state index is -0.768. The summed E-state index contributed by atoms with van der Waals surface area (Å²) in [5.41, 5.74) is 1.82. The molecule has 16 heavy (non-hydrogen) atoms. The average Bonchev–Trinajstić information content (AvgIpc) is 2.23. The summed E-state index contributed by atoms with van der Waals surface area (Å²) >= 11 is 0. The number of amides is 1. The van der Waals surface area contributed by atoms with Gasteiger partial charge in [0.2, 0.25) is 5.91 Å². The van der Waals surface area contributed by atoms with E-state index in [9.17, 15) is 9.59 Å². The number of hydrogen-bond acceptors (Lipinski definition) is 5. The molecular formula is C10H20N2O4. The number of rotatable bonds is 6. The summed E-state index contributed by atoms with van der Waals surface area (Å²) < 4.78 is 4.84. The first kappa shape index (κ1) is 14.9. The largest absolute Gasteiger partial charge is 0.464 e. The van der Waals surface area contributed by atoms with Gasteiger partial charge in [0.15, 0.2) is 0 Å². The van der Waals surface area contributed by atoms with E-state index in [2.05, 4.69) is 5.32 Å². The van der Waals surface area contributed by atoms with Gasteiger partial charge in [-0.1, -0.05) is 13.8 Å². The molecule has 0 radical (unpaired) electrons. The second-order valence-corrected chi connectivity index (χ2v) is 3.83. The zero-order valence-corrected chi connectivity index (χ0v) is 10.1. The van der Waals surface area contributed by atoms with Crippen LogP contribution in [0.2, 0.25) is 0 Å². The van der Waals surface area contributed by atoms with Crippen molar-refractivity contribution in [2.75, 3.05) is 6.61 Å². The predicted molar refractivity (Wildman–Crippen MR) is 57.8 cm³/mol. The van der Waals surface area contributed by atoms with E-state index in [0.717, 1.165) is 0 Å². The molecule has 0 aromatic heterocycles. The molecule has 3 N–H and O–H groups in total. The Labute approximate surface area is 95.3 Å². The van der Waals surface area contributed by atoms with Crippen molar-refractivity contribution >= 4 is 11.9 Å². The molecule has 2 atom stereocenters. The van der Waals surface area contributed by atoms with Gasteiger partial charge in [-0.05, 0) is 19.8 Å². The molecule has 0 aromatic rings. The number of hydrogen-bond donors (Lipinski definition) is 3. The molecular weight excluding hydrogens is 212 g/mol. The summed E-state index contributed by atoms with van der Waals surface area (Å²) in [5, 5.41) is 11.1. The quantitative estimate of drug-likeness (QED) is 0.445. The summed E-state index contributed by atoms with van der Waals surface area (Å²) in [6.45, 7) is 7.07. The molecule has 1 amide bonds. The van der Waals surface area contributed by atoms with Crippen LogP contribution in [0.15, 0.2) is 0 Å². The second kappa shape index (κ2) is 7.19. The number of nitrogens with one attached hydrogen (secondary N) is 2. The van der Waals surface area contributed by atoms with Gasteiger partial charge in [0.05, 0.1) is 6.61 Å². The topological polar surface area (TPSA) is 87.7 Å². The summed E-state index contributed by atoms with van der Waals surface area (Å²) in [4.78, 5) is 23.0. The molecule has 1 unspecified atom stereocenters. The van der Waals surface area contributed by atoms with Gasteiger partial charge in [-0.15, -0.1) is 0 Å². The van der Waals surface area contributed by atoms with Gasteiger partial charge >= 0.3 is 5.97 Å². The maximum Gasteiger partial charge on any atom is 0.328 e. The van der Waals surface area contributed by atoms with Crippen LogP contribution in [0, 0.1) is 5.92 Å². The van der Waals surface area contributed by atoms with Gasteiger partial charge in [0.25, 0.3) is 0 Å². The molecule has 0 spiro atoms. The number of hydroxylamine groups is 1. The third-order valence-electron chi connectivity index (χ3n) is 2.09. The molecule has 0 aliphatic carbocycles. The standard InChI is InChI=1S/C10H20N2O4/c1-5-16-10(14)8(6(2)3)11-9(13)7(4)12-15/h6-8,12,15H,5H2,1-4H3,(H,11,13)/t7?,8-/m0/s1. The number of carbonyl (C=O) groups excluding carboxylic acids is 2. The number of ether oxygens (including phenoxy) is 1. The van der Waals surface area contributed by atoms with E-state index in [4.69, 9.17) is 9.94 Å². The Morgan fingerprint density at radius 2 is 1.88 bits per heavy atom. The third kappa shape index (κ3) is 4.59. The Bertz CT molecular complexity index is 243. The summed E-state index contributed by atoms with van der Waals surface area (Å²) in [5.74, 6) is -0.987. The minimum Gasteiger partial charge on any atom is -0.464 e. The summed E-state index contributed by atoms with van der Waals surface area (Å²) in [6, 6.07) is -1.46. The van der Waals surface area contributed by atoms with Crippen LogP contribution < -0.4 is 10.8 Å². The number of esters is 1. The molecule has 0 aliphatic heterocycles. The zero-order chi connectivity index (χ0) is 12.7. The monoisotopic (exact) mass is 232 g/mol. The van der Waals surface area contributed by atoms with Gasteiger partial charge in [-0.3, -0.25) is 4.79 Å². The van der Waals surface area contributed by atoms with Crippen molar-refractivity contribution in [3.63, 3.8) is 0 Å². The molecule has 0 saturated carbocycles. The van der Waals surface area contributed by atoms with Gasteiger partial charge in [-0.25, -0.2) is 4.79 Å². The molecule has 0 heterocycles. The molecule has 0 saturated heterocycles. The van der Waals surface area contributed by atoms with E-state index < -0.39 is 24.0 Å². The molecule has 0 bridgehead atoms. The second-order valence-electron chi connectivity index (χ2n) is 3.83. The Morgan fingerprint density at radius 3 is 2.25 bits per heavy atom. The summed E-state index contributed by atoms with van der Waals surface area (Å²) in [6.07, 6.45) is 0. The highest BCUT2D eigenvalue weighted by Crippen LogP contribution is 2.04. The van der Waals surface area contributed by atoms with Gasteiger partial charge in [-0.2, -0.15) is 5.48 Å². The van der Waals surface area contributed by atoms with Crippen LogP contribution >= 0.6 is 0 Å². The average molecular weight is 232 g/mol. The Morgan fingerprint density at radius 1 is 1.31 bits per heavy atom. The van der Waals surface area contributed by atoms with Gasteiger partial charge < -0.3 is 15.3 Å². The molecule has 6 nitrogen and oxygen atoms in total. The molecule has 0 aliphatic rings. The van der Waals surface area contributed by atoms with E-state index in [1.807, 2.05) is 5.48 Å². The zero-order valence-electron chi connectivity index (χ0n) is 10.1. The van der Waals surface area contributed by atoms with E-state index >= 15 is 0 Å². The Balaban J connectivity index is 4.45. The molecule has 0 rings (SSSR count).